The molecule has 0 saturated carbocycles. The van der Waals surface area contributed by atoms with Crippen LogP contribution in [-0.4, -0.2) is 55.2 Å². The van der Waals surface area contributed by atoms with Gasteiger partial charge in [-0.1, -0.05) is 30.3 Å². The summed E-state index contributed by atoms with van der Waals surface area (Å²) in [4.78, 5) is 19.8. The van der Waals surface area contributed by atoms with E-state index in [0.29, 0.717) is 0 Å². The number of amides is 1. The quantitative estimate of drug-likeness (QED) is 0.883. The predicted molar refractivity (Wildman–Crippen MR) is 109 cm³/mol. The minimum Gasteiger partial charge on any atom is -0.394 e. The minimum absolute atomic E-state index is 0.0224. The van der Waals surface area contributed by atoms with Gasteiger partial charge < -0.3 is 14.6 Å². The van der Waals surface area contributed by atoms with E-state index in [-0.39, 0.29) is 29.2 Å². The Morgan fingerprint density at radius 2 is 2.07 bits per heavy atom. The molecule has 6 heteroatoms. The molecule has 1 aromatic carbocycles. The highest BCUT2D eigenvalue weighted by Gasteiger charge is 2.42. The van der Waals surface area contributed by atoms with Gasteiger partial charge in [0.1, 0.15) is 5.82 Å². The van der Waals surface area contributed by atoms with Crippen LogP contribution in [-0.2, 0) is 17.8 Å². The Balaban J connectivity index is 1.53. The van der Waals surface area contributed by atoms with Crippen molar-refractivity contribution >= 4 is 17.7 Å². The van der Waals surface area contributed by atoms with Crippen molar-refractivity contribution in [2.24, 2.45) is 5.92 Å². The average Bonchev–Trinajstić information content (AvgIpc) is 3.10. The smallest absolute Gasteiger partial charge is 0.226 e. The molecule has 2 aliphatic heterocycles. The molecule has 1 fully saturated rings. The Kier molecular flexibility index (Phi) is 5.03. The third-order valence-electron chi connectivity index (χ3n) is 5.92. The van der Waals surface area contributed by atoms with Crippen molar-refractivity contribution in [3.63, 3.8) is 0 Å². The molecule has 27 heavy (non-hydrogen) atoms. The third-order valence-corrected chi connectivity index (χ3v) is 7.32. The Labute approximate surface area is 164 Å². The summed E-state index contributed by atoms with van der Waals surface area (Å²) in [6, 6.07) is 10.1. The molecular formula is C21H27N3O2S. The number of carbonyl (C=O) groups excluding carboxylic acids is 1. The van der Waals surface area contributed by atoms with Gasteiger partial charge in [0.05, 0.1) is 12.6 Å². The molecule has 2 aliphatic rings. The topological polar surface area (TPSA) is 58.4 Å². The standard InChI is InChI=1S/C21H27N3O2S/c1-21(2)18(14-25)24(10-11-27-21)20(26)16-8-9-23-17(12-16)13-22-19(23)15-6-4-3-5-7-15/h3-7,13,16,18,25H,8-12,14H2,1-2H3/t16?,18-/m0/s1. The highest BCUT2D eigenvalue weighted by Crippen LogP contribution is 2.37. The zero-order chi connectivity index (χ0) is 19.0. The van der Waals surface area contributed by atoms with E-state index in [4.69, 9.17) is 0 Å². The lowest BCUT2D eigenvalue weighted by molar-refractivity contribution is -0.140. The van der Waals surface area contributed by atoms with Gasteiger partial charge in [-0.05, 0) is 20.3 Å². The second-order valence-electron chi connectivity index (χ2n) is 7.96. The van der Waals surface area contributed by atoms with Crippen LogP contribution in [0.4, 0.5) is 0 Å². The third kappa shape index (κ3) is 3.41. The van der Waals surface area contributed by atoms with Crippen molar-refractivity contribution < 1.29 is 9.90 Å². The number of aliphatic hydroxyl groups is 1. The molecule has 1 aromatic heterocycles. The summed E-state index contributed by atoms with van der Waals surface area (Å²) in [6.07, 6.45) is 3.46. The molecule has 0 radical (unpaired) electrons. The number of rotatable bonds is 3. The van der Waals surface area contributed by atoms with Crippen LogP contribution in [0.15, 0.2) is 36.5 Å². The zero-order valence-corrected chi connectivity index (χ0v) is 16.8. The number of fused-ring (bicyclic) bond motifs is 1. The number of hydrogen-bond acceptors (Lipinski definition) is 4. The number of benzene rings is 1. The molecule has 2 atom stereocenters. The molecule has 0 bridgehead atoms. The van der Waals surface area contributed by atoms with Gasteiger partial charge in [0.25, 0.3) is 0 Å². The number of nitrogens with zero attached hydrogens (tertiary/aromatic N) is 3. The first-order chi connectivity index (χ1) is 13.0. The summed E-state index contributed by atoms with van der Waals surface area (Å²) in [5.74, 6) is 2.08. The number of aliphatic hydroxyl groups excluding tert-OH is 1. The van der Waals surface area contributed by atoms with Gasteiger partial charge in [-0.3, -0.25) is 4.79 Å². The maximum Gasteiger partial charge on any atom is 0.226 e. The largest absolute Gasteiger partial charge is 0.394 e. The highest BCUT2D eigenvalue weighted by atomic mass is 32.2. The molecule has 1 amide bonds. The summed E-state index contributed by atoms with van der Waals surface area (Å²) in [6.45, 7) is 5.81. The highest BCUT2D eigenvalue weighted by molar-refractivity contribution is 8.00. The van der Waals surface area contributed by atoms with Crippen LogP contribution >= 0.6 is 11.8 Å². The second-order valence-corrected chi connectivity index (χ2v) is 9.71. The van der Waals surface area contributed by atoms with Gasteiger partial charge in [0.15, 0.2) is 0 Å². The average molecular weight is 386 g/mol. The fourth-order valence-corrected chi connectivity index (χ4v) is 5.55. The minimum atomic E-state index is -0.115. The molecule has 4 rings (SSSR count). The lowest BCUT2D eigenvalue weighted by Gasteiger charge is -2.46. The van der Waals surface area contributed by atoms with Crippen molar-refractivity contribution in [2.45, 2.75) is 44.0 Å². The first-order valence-electron chi connectivity index (χ1n) is 9.66. The summed E-state index contributed by atoms with van der Waals surface area (Å²) >= 11 is 1.84. The zero-order valence-electron chi connectivity index (χ0n) is 16.0. The van der Waals surface area contributed by atoms with E-state index in [1.165, 1.54) is 0 Å². The van der Waals surface area contributed by atoms with Crippen LogP contribution in [0.25, 0.3) is 11.4 Å². The SMILES string of the molecule is CC1(C)SCCN(C(=O)C2CCn3c(cnc3-c3ccccc3)C2)[C@H]1CO. The van der Waals surface area contributed by atoms with Crippen molar-refractivity contribution in [3.8, 4) is 11.4 Å². The molecule has 2 aromatic rings. The van der Waals surface area contributed by atoms with Crippen LogP contribution in [0.2, 0.25) is 0 Å². The van der Waals surface area contributed by atoms with Crippen molar-refractivity contribution in [1.29, 1.82) is 0 Å². The molecule has 0 aliphatic carbocycles. The van der Waals surface area contributed by atoms with E-state index in [0.717, 1.165) is 48.8 Å². The van der Waals surface area contributed by atoms with E-state index in [9.17, 15) is 9.90 Å². The summed E-state index contributed by atoms with van der Waals surface area (Å²) in [7, 11) is 0. The summed E-state index contributed by atoms with van der Waals surface area (Å²) < 4.78 is 2.14. The molecule has 0 spiro atoms. The van der Waals surface area contributed by atoms with Crippen molar-refractivity contribution in [2.75, 3.05) is 18.9 Å². The molecule has 144 valence electrons. The Hall–Kier alpha value is -1.79. The van der Waals surface area contributed by atoms with E-state index in [1.54, 1.807) is 0 Å². The molecule has 1 N–H and O–H groups in total. The monoisotopic (exact) mass is 385 g/mol. The van der Waals surface area contributed by atoms with E-state index < -0.39 is 0 Å². The lowest BCUT2D eigenvalue weighted by Crippen LogP contribution is -2.58. The number of thioether (sulfide) groups is 1. The van der Waals surface area contributed by atoms with Crippen LogP contribution in [0.3, 0.4) is 0 Å². The van der Waals surface area contributed by atoms with Crippen LogP contribution < -0.4 is 0 Å². The molecule has 5 nitrogen and oxygen atoms in total. The molecule has 1 unspecified atom stereocenters. The molecule has 1 saturated heterocycles. The lowest BCUT2D eigenvalue weighted by atomic mass is 9.92. The number of hydrogen-bond donors (Lipinski definition) is 1. The predicted octanol–water partition coefficient (Wildman–Crippen LogP) is 2.83. The Bertz CT molecular complexity index is 818. The van der Waals surface area contributed by atoms with Gasteiger partial charge in [-0.15, -0.1) is 0 Å². The normalized spacial score (nSPS) is 24.5. The first-order valence-corrected chi connectivity index (χ1v) is 10.6. The Morgan fingerprint density at radius 1 is 1.30 bits per heavy atom. The van der Waals surface area contributed by atoms with Gasteiger partial charge in [0.2, 0.25) is 5.91 Å². The van der Waals surface area contributed by atoms with Crippen LogP contribution in [0.5, 0.6) is 0 Å². The summed E-state index contributed by atoms with van der Waals surface area (Å²) in [5, 5.41) is 9.91. The molecular weight excluding hydrogens is 358 g/mol. The summed E-state index contributed by atoms with van der Waals surface area (Å²) in [5.41, 5.74) is 2.24. The van der Waals surface area contributed by atoms with Gasteiger partial charge in [-0.25, -0.2) is 4.98 Å². The van der Waals surface area contributed by atoms with Gasteiger partial charge >= 0.3 is 0 Å². The van der Waals surface area contributed by atoms with Crippen molar-refractivity contribution in [1.82, 2.24) is 14.5 Å². The number of carbonyl (C=O) groups is 1. The van der Waals surface area contributed by atoms with E-state index in [2.05, 4.69) is 35.5 Å². The molecule has 3 heterocycles. The van der Waals surface area contributed by atoms with E-state index >= 15 is 0 Å². The van der Waals surface area contributed by atoms with Gasteiger partial charge in [0, 0.05) is 53.4 Å². The van der Waals surface area contributed by atoms with Gasteiger partial charge in [-0.2, -0.15) is 11.8 Å². The second kappa shape index (κ2) is 7.32. The first kappa shape index (κ1) is 18.6. The maximum absolute atomic E-state index is 13.3. The fraction of sp³-hybridized carbons (Fsp3) is 0.524. The number of aromatic nitrogens is 2. The van der Waals surface area contributed by atoms with Crippen LogP contribution in [0, 0.1) is 5.92 Å². The van der Waals surface area contributed by atoms with Crippen molar-refractivity contribution in [3.05, 3.63) is 42.2 Å². The van der Waals surface area contributed by atoms with E-state index in [1.807, 2.05) is 41.1 Å². The number of imidazole rings is 1. The van der Waals surface area contributed by atoms with Crippen LogP contribution in [0.1, 0.15) is 26.0 Å². The fourth-order valence-electron chi connectivity index (χ4n) is 4.34. The maximum atomic E-state index is 13.3. The Morgan fingerprint density at radius 3 is 2.81 bits per heavy atom.